The fraction of sp³-hybridized carbons (Fsp3) is 0. The second-order valence-electron chi connectivity index (χ2n) is 10.6. The van der Waals surface area contributed by atoms with Crippen LogP contribution in [0.1, 0.15) is 0 Å². The van der Waals surface area contributed by atoms with Gasteiger partial charge in [0.15, 0.2) is 0 Å². The van der Waals surface area contributed by atoms with Gasteiger partial charge in [-0.3, -0.25) is 0 Å². The molecule has 2 heteroatoms. The Kier molecular flexibility index (Phi) is 5.82. The van der Waals surface area contributed by atoms with Crippen LogP contribution in [0.4, 0.5) is 17.1 Å². The average Bonchev–Trinajstić information content (AvgIpc) is 3.42. The van der Waals surface area contributed by atoms with Gasteiger partial charge in [-0.05, 0) is 65.0 Å². The molecule has 0 N–H and O–H groups in total. The lowest BCUT2D eigenvalue weighted by Crippen LogP contribution is -2.10. The molecule has 0 atom stereocenters. The smallest absolute Gasteiger partial charge is 0.0640 e. The van der Waals surface area contributed by atoms with Crippen molar-refractivity contribution in [1.82, 2.24) is 4.57 Å². The maximum absolute atomic E-state index is 2.46. The van der Waals surface area contributed by atoms with Crippen LogP contribution >= 0.6 is 0 Å². The predicted octanol–water partition coefficient (Wildman–Crippen LogP) is 11.1. The molecular formula is C40H28N2. The minimum atomic E-state index is 1.13. The zero-order valence-corrected chi connectivity index (χ0v) is 23.1. The van der Waals surface area contributed by atoms with E-state index < -0.39 is 0 Å². The van der Waals surface area contributed by atoms with Gasteiger partial charge in [0.1, 0.15) is 0 Å². The number of hydrogen-bond donors (Lipinski definition) is 0. The topological polar surface area (TPSA) is 8.17 Å². The lowest BCUT2D eigenvalue weighted by molar-refractivity contribution is 1.19. The fourth-order valence-corrected chi connectivity index (χ4v) is 6.27. The number of rotatable bonds is 5. The van der Waals surface area contributed by atoms with Crippen molar-refractivity contribution in [3.8, 4) is 16.8 Å². The van der Waals surface area contributed by atoms with Gasteiger partial charge in [0.05, 0.1) is 16.7 Å². The molecule has 0 unspecified atom stereocenters. The van der Waals surface area contributed by atoms with Crippen LogP contribution in [0.5, 0.6) is 0 Å². The maximum Gasteiger partial charge on any atom is 0.0640 e. The minimum absolute atomic E-state index is 1.13. The number of anilines is 3. The maximum atomic E-state index is 2.46. The van der Waals surface area contributed by atoms with Crippen LogP contribution in [0.2, 0.25) is 0 Å². The van der Waals surface area contributed by atoms with Crippen LogP contribution in [-0.4, -0.2) is 4.57 Å². The summed E-state index contributed by atoms with van der Waals surface area (Å²) in [5.74, 6) is 0. The molecule has 0 fully saturated rings. The third-order valence-corrected chi connectivity index (χ3v) is 8.12. The van der Waals surface area contributed by atoms with Gasteiger partial charge in [0.2, 0.25) is 0 Å². The van der Waals surface area contributed by atoms with Crippen molar-refractivity contribution in [2.24, 2.45) is 0 Å². The van der Waals surface area contributed by atoms with E-state index in [2.05, 4.69) is 179 Å². The molecule has 1 aromatic heterocycles. The molecule has 0 radical (unpaired) electrons. The second-order valence-corrected chi connectivity index (χ2v) is 10.6. The third kappa shape index (κ3) is 3.96. The monoisotopic (exact) mass is 536 g/mol. The highest BCUT2D eigenvalue weighted by atomic mass is 15.1. The summed E-state index contributed by atoms with van der Waals surface area (Å²) in [7, 11) is 0. The van der Waals surface area contributed by atoms with Gasteiger partial charge in [-0.15, -0.1) is 0 Å². The number of hydrogen-bond acceptors (Lipinski definition) is 1. The summed E-state index contributed by atoms with van der Waals surface area (Å²) >= 11 is 0. The van der Waals surface area contributed by atoms with Crippen LogP contribution in [0.15, 0.2) is 170 Å². The number of aromatic nitrogens is 1. The third-order valence-electron chi connectivity index (χ3n) is 8.12. The highest BCUT2D eigenvalue weighted by molar-refractivity contribution is 6.25. The molecule has 7 aromatic carbocycles. The zero-order chi connectivity index (χ0) is 27.9. The number of fused-ring (bicyclic) bond motifs is 5. The van der Waals surface area contributed by atoms with Crippen molar-refractivity contribution in [2.45, 2.75) is 0 Å². The summed E-state index contributed by atoms with van der Waals surface area (Å²) in [4.78, 5) is 2.40. The number of nitrogens with zero attached hydrogens (tertiary/aromatic N) is 2. The predicted molar refractivity (Wildman–Crippen MR) is 178 cm³/mol. The summed E-state index contributed by atoms with van der Waals surface area (Å²) in [6.07, 6.45) is 0. The normalized spacial score (nSPS) is 11.3. The first-order chi connectivity index (χ1) is 20.9. The number of benzene rings is 7. The summed E-state index contributed by atoms with van der Waals surface area (Å²) < 4.78 is 2.46. The highest BCUT2D eigenvalue weighted by Gasteiger charge is 2.23. The molecule has 0 spiro atoms. The molecule has 0 saturated heterocycles. The van der Waals surface area contributed by atoms with Crippen molar-refractivity contribution in [3.63, 3.8) is 0 Å². The van der Waals surface area contributed by atoms with E-state index in [0.717, 1.165) is 22.7 Å². The molecule has 0 bridgehead atoms. The molecule has 2 nitrogen and oxygen atoms in total. The van der Waals surface area contributed by atoms with E-state index in [1.54, 1.807) is 0 Å². The Hall–Kier alpha value is -5.60. The lowest BCUT2D eigenvalue weighted by atomic mass is 10.00. The van der Waals surface area contributed by atoms with Gasteiger partial charge in [0.25, 0.3) is 0 Å². The highest BCUT2D eigenvalue weighted by Crippen LogP contribution is 2.47. The molecular weight excluding hydrogens is 508 g/mol. The molecule has 0 amide bonds. The van der Waals surface area contributed by atoms with Gasteiger partial charge in [-0.25, -0.2) is 0 Å². The molecule has 198 valence electrons. The van der Waals surface area contributed by atoms with Crippen LogP contribution in [0, 0.1) is 0 Å². The molecule has 0 aliphatic rings. The van der Waals surface area contributed by atoms with Gasteiger partial charge < -0.3 is 9.47 Å². The van der Waals surface area contributed by atoms with Gasteiger partial charge in [-0.1, -0.05) is 121 Å². The largest absolute Gasteiger partial charge is 0.310 e. The first-order valence-electron chi connectivity index (χ1n) is 14.4. The van der Waals surface area contributed by atoms with Crippen molar-refractivity contribution >= 4 is 49.6 Å². The summed E-state index contributed by atoms with van der Waals surface area (Å²) in [6.45, 7) is 0. The molecule has 0 saturated carbocycles. The van der Waals surface area contributed by atoms with E-state index in [1.807, 2.05) is 0 Å². The van der Waals surface area contributed by atoms with Crippen molar-refractivity contribution in [1.29, 1.82) is 0 Å². The quantitative estimate of drug-likeness (QED) is 0.212. The Bertz CT molecular complexity index is 2130. The van der Waals surface area contributed by atoms with Crippen LogP contribution in [0.3, 0.4) is 0 Å². The van der Waals surface area contributed by atoms with Crippen molar-refractivity contribution in [2.75, 3.05) is 4.90 Å². The van der Waals surface area contributed by atoms with Gasteiger partial charge in [0, 0.05) is 33.2 Å². The SMILES string of the molecule is c1ccc(-c2ccc3c4c(N(c5ccccc5)c5ccccc5)cc5ccccc5c4n(-c4ccccc4)c3c2)cc1. The summed E-state index contributed by atoms with van der Waals surface area (Å²) in [6, 6.07) is 60.9. The molecule has 1 heterocycles. The molecule has 42 heavy (non-hydrogen) atoms. The van der Waals surface area contributed by atoms with Crippen molar-refractivity contribution < 1.29 is 0 Å². The molecule has 8 rings (SSSR count). The van der Waals surface area contributed by atoms with E-state index in [9.17, 15) is 0 Å². The first-order valence-corrected chi connectivity index (χ1v) is 14.4. The molecule has 8 aromatic rings. The Labute approximate surface area is 245 Å². The Morgan fingerprint density at radius 2 is 1.00 bits per heavy atom. The van der Waals surface area contributed by atoms with Gasteiger partial charge >= 0.3 is 0 Å². The fourth-order valence-electron chi connectivity index (χ4n) is 6.27. The molecule has 0 aliphatic heterocycles. The Morgan fingerprint density at radius 3 is 1.67 bits per heavy atom. The van der Waals surface area contributed by atoms with E-state index >= 15 is 0 Å². The minimum Gasteiger partial charge on any atom is -0.310 e. The van der Waals surface area contributed by atoms with Crippen molar-refractivity contribution in [3.05, 3.63) is 170 Å². The molecule has 0 aliphatic carbocycles. The Morgan fingerprint density at radius 1 is 0.429 bits per heavy atom. The number of para-hydroxylation sites is 3. The van der Waals surface area contributed by atoms with Gasteiger partial charge in [-0.2, -0.15) is 0 Å². The summed E-state index contributed by atoms with van der Waals surface area (Å²) in [5.41, 5.74) is 9.39. The van der Waals surface area contributed by atoms with E-state index in [-0.39, 0.29) is 0 Å². The summed E-state index contributed by atoms with van der Waals surface area (Å²) in [5, 5.41) is 4.91. The van der Waals surface area contributed by atoms with Crippen LogP contribution in [-0.2, 0) is 0 Å². The second kappa shape index (κ2) is 10.1. The standard InChI is InChI=1S/C40H28N2/c1-5-15-29(16-6-1)30-25-26-36-37(27-30)42(34-22-11-4-12-23-34)40-35-24-14-13-17-31(35)28-38(39(36)40)41(32-18-7-2-8-19-32)33-20-9-3-10-21-33/h1-28H. The van der Waals surface area contributed by atoms with Crippen LogP contribution < -0.4 is 4.90 Å². The zero-order valence-electron chi connectivity index (χ0n) is 23.1. The van der Waals surface area contributed by atoms with E-state index in [0.29, 0.717) is 0 Å². The van der Waals surface area contributed by atoms with E-state index in [4.69, 9.17) is 0 Å². The first kappa shape index (κ1) is 24.2. The average molecular weight is 537 g/mol. The van der Waals surface area contributed by atoms with E-state index in [1.165, 1.54) is 43.7 Å². The van der Waals surface area contributed by atoms with Crippen LogP contribution in [0.25, 0.3) is 49.4 Å². The Balaban J connectivity index is 1.56. The lowest BCUT2D eigenvalue weighted by Gasteiger charge is -2.27.